The molecule has 0 amide bonds. The molecule has 0 fully saturated rings. The molecular weight excluding hydrogens is 195 g/mol. The fraction of sp³-hybridized carbons (Fsp3) is 1.00. The van der Waals surface area contributed by atoms with E-state index in [-0.39, 0.29) is 52.8 Å². The maximum Gasteiger partial charge on any atom is 1.00 e. The molecule has 0 aromatic heterocycles. The van der Waals surface area contributed by atoms with Crippen molar-refractivity contribution < 1.29 is 73.6 Å². The second-order valence-corrected chi connectivity index (χ2v) is 3.34. The summed E-state index contributed by atoms with van der Waals surface area (Å²) in [5.74, 6) is 0. The molecule has 0 aliphatic carbocycles. The van der Waals surface area contributed by atoms with Gasteiger partial charge in [0.2, 0.25) is 0 Å². The molecule has 1 unspecified atom stereocenters. The molecular formula is CH4KO5S2-. The Hall–Kier alpha value is 1.66. The number of hydrogen-bond donors (Lipinski definition) is 0. The summed E-state index contributed by atoms with van der Waals surface area (Å²) in [6, 6.07) is 0. The summed E-state index contributed by atoms with van der Waals surface area (Å²) < 4.78 is 41.8. The van der Waals surface area contributed by atoms with E-state index in [1.165, 1.54) is 0 Å². The van der Waals surface area contributed by atoms with Crippen LogP contribution in [0.2, 0.25) is 0 Å². The van der Waals surface area contributed by atoms with Gasteiger partial charge in [0.15, 0.2) is 0 Å². The smallest absolute Gasteiger partial charge is 1.00 e. The molecule has 0 radical (unpaired) electrons. The van der Waals surface area contributed by atoms with Gasteiger partial charge in [-0.2, -0.15) is 12.0 Å². The monoisotopic (exact) mass is 199 g/mol. The summed E-state index contributed by atoms with van der Waals surface area (Å²) >= 11 is -2.97. The summed E-state index contributed by atoms with van der Waals surface area (Å²) in [5, 5.41) is 0. The van der Waals surface area contributed by atoms with Gasteiger partial charge in [0.1, 0.15) is 11.4 Å². The van der Waals surface area contributed by atoms with Crippen molar-refractivity contribution in [1.82, 2.24) is 0 Å². The second-order valence-electron chi connectivity index (χ2n) is 0.976. The van der Waals surface area contributed by atoms with Crippen LogP contribution in [0.15, 0.2) is 0 Å². The van der Waals surface area contributed by atoms with Gasteiger partial charge in [0.05, 0.1) is 6.26 Å². The predicted octanol–water partition coefficient (Wildman–Crippen LogP) is -4.13. The van der Waals surface area contributed by atoms with Crippen LogP contribution in [0.1, 0.15) is 1.43 Å². The summed E-state index contributed by atoms with van der Waals surface area (Å²) in [4.78, 5) is 0. The zero-order valence-electron chi connectivity index (χ0n) is 5.86. The SMILES string of the molecule is CS(=O)(=O)OS(=O)[O-].[H-].[K+]. The molecule has 0 aliphatic heterocycles. The van der Waals surface area contributed by atoms with E-state index in [1.807, 2.05) is 0 Å². The fourth-order valence-electron chi connectivity index (χ4n) is 0.101. The maximum absolute atomic E-state index is 9.83. The summed E-state index contributed by atoms with van der Waals surface area (Å²) in [6.07, 6.45) is 0.642. The quantitative estimate of drug-likeness (QED) is 0.333. The molecule has 0 saturated heterocycles. The van der Waals surface area contributed by atoms with Crippen LogP contribution in [0.25, 0.3) is 0 Å². The number of rotatable bonds is 2. The van der Waals surface area contributed by atoms with Crippen molar-refractivity contribution in [2.24, 2.45) is 0 Å². The summed E-state index contributed by atoms with van der Waals surface area (Å²) in [7, 11) is -3.84. The summed E-state index contributed by atoms with van der Waals surface area (Å²) in [5.41, 5.74) is 0. The van der Waals surface area contributed by atoms with Gasteiger partial charge >= 0.3 is 51.4 Å². The first-order chi connectivity index (χ1) is 3.42. The third kappa shape index (κ3) is 12.8. The predicted molar refractivity (Wildman–Crippen MR) is 26.0 cm³/mol. The Bertz CT molecular complexity index is 186. The van der Waals surface area contributed by atoms with Gasteiger partial charge in [0, 0.05) is 0 Å². The molecule has 1 atom stereocenters. The Labute approximate surface area is 99.7 Å². The van der Waals surface area contributed by atoms with E-state index in [9.17, 15) is 17.2 Å². The van der Waals surface area contributed by atoms with E-state index < -0.39 is 21.5 Å². The van der Waals surface area contributed by atoms with Crippen molar-refractivity contribution in [3.05, 3.63) is 0 Å². The first-order valence-corrected chi connectivity index (χ1v) is 4.22. The van der Waals surface area contributed by atoms with E-state index in [2.05, 4.69) is 3.63 Å². The second kappa shape index (κ2) is 5.33. The Balaban J connectivity index is -0.000000245. The Morgan fingerprint density at radius 3 is 2.00 bits per heavy atom. The van der Waals surface area contributed by atoms with Gasteiger partial charge in [-0.25, -0.2) is 4.21 Å². The van der Waals surface area contributed by atoms with Crippen molar-refractivity contribution in [3.8, 4) is 0 Å². The van der Waals surface area contributed by atoms with Gasteiger partial charge in [0.25, 0.3) is 10.1 Å². The van der Waals surface area contributed by atoms with Crippen LogP contribution in [0.5, 0.6) is 0 Å². The van der Waals surface area contributed by atoms with Gasteiger partial charge in [-0.1, -0.05) is 0 Å². The molecule has 0 rings (SSSR count). The molecule has 5 nitrogen and oxygen atoms in total. The Kier molecular flexibility index (Phi) is 7.85. The molecule has 0 spiro atoms. The third-order valence-electron chi connectivity index (χ3n) is 0.179. The van der Waals surface area contributed by atoms with Gasteiger partial charge in [-0.05, 0) is 0 Å². The van der Waals surface area contributed by atoms with Crippen molar-refractivity contribution in [2.45, 2.75) is 0 Å². The molecule has 0 aliphatic rings. The average molecular weight is 199 g/mol. The average Bonchev–Trinajstić information content (AvgIpc) is 1.21. The van der Waals surface area contributed by atoms with E-state index in [4.69, 9.17) is 0 Å². The van der Waals surface area contributed by atoms with Crippen LogP contribution < -0.4 is 51.4 Å². The minimum Gasteiger partial charge on any atom is -1.00 e. The summed E-state index contributed by atoms with van der Waals surface area (Å²) in [6.45, 7) is 0. The van der Waals surface area contributed by atoms with Gasteiger partial charge in [-0.3, -0.25) is 0 Å². The van der Waals surface area contributed by atoms with Crippen LogP contribution in [-0.2, 0) is 25.1 Å². The Morgan fingerprint density at radius 2 is 2.00 bits per heavy atom. The fourth-order valence-corrected chi connectivity index (χ4v) is 0.908. The van der Waals surface area contributed by atoms with E-state index in [1.54, 1.807) is 0 Å². The van der Waals surface area contributed by atoms with Crippen LogP contribution in [0.3, 0.4) is 0 Å². The maximum atomic E-state index is 9.83. The van der Waals surface area contributed by atoms with E-state index >= 15 is 0 Å². The van der Waals surface area contributed by atoms with Gasteiger partial charge in [-0.15, -0.1) is 0 Å². The Morgan fingerprint density at radius 1 is 1.67 bits per heavy atom. The van der Waals surface area contributed by atoms with E-state index in [0.717, 1.165) is 0 Å². The minimum absolute atomic E-state index is 0. The van der Waals surface area contributed by atoms with Crippen LogP contribution in [0.4, 0.5) is 0 Å². The molecule has 9 heavy (non-hydrogen) atoms. The minimum atomic E-state index is -3.84. The van der Waals surface area contributed by atoms with Crippen molar-refractivity contribution in [3.63, 3.8) is 0 Å². The first-order valence-electron chi connectivity index (χ1n) is 1.41. The molecule has 0 aromatic rings. The van der Waals surface area contributed by atoms with Crippen LogP contribution in [0, 0.1) is 0 Å². The molecule has 0 saturated carbocycles. The molecule has 8 heteroatoms. The topological polar surface area (TPSA) is 83.5 Å². The van der Waals surface area contributed by atoms with Gasteiger partial charge < -0.3 is 5.98 Å². The molecule has 0 N–H and O–H groups in total. The molecule has 0 bridgehead atoms. The normalized spacial score (nSPS) is 14.0. The number of hydrogen-bond acceptors (Lipinski definition) is 5. The molecule has 0 aromatic carbocycles. The van der Waals surface area contributed by atoms with Crippen LogP contribution in [-0.4, -0.2) is 23.4 Å². The zero-order chi connectivity index (χ0) is 6.78. The first kappa shape index (κ1) is 13.3. The zero-order valence-corrected chi connectivity index (χ0v) is 9.61. The van der Waals surface area contributed by atoms with Crippen molar-refractivity contribution in [2.75, 3.05) is 6.26 Å². The van der Waals surface area contributed by atoms with Crippen molar-refractivity contribution in [1.29, 1.82) is 0 Å². The molecule has 0 heterocycles. The standard InChI is InChI=1S/CH4O5S2.K.H/c1-8(4,5)6-7(2)3;;/h1H3,(H,2,3);;/q;+1;-1/p-1. The third-order valence-corrected chi connectivity index (χ3v) is 1.61. The van der Waals surface area contributed by atoms with Crippen molar-refractivity contribution >= 4 is 21.5 Å². The van der Waals surface area contributed by atoms with E-state index in [0.29, 0.717) is 6.26 Å². The van der Waals surface area contributed by atoms with Crippen LogP contribution >= 0.6 is 0 Å². The molecule has 52 valence electrons. The largest absolute Gasteiger partial charge is 1.00 e.